The zero-order chi connectivity index (χ0) is 26.7. The minimum atomic E-state index is -1.71. The molecule has 0 atom stereocenters. The van der Waals surface area contributed by atoms with E-state index in [2.05, 4.69) is 0 Å². The van der Waals surface area contributed by atoms with Crippen LogP contribution in [0.3, 0.4) is 0 Å². The second kappa shape index (κ2) is 11.0. The molecule has 0 amide bonds. The molecule has 0 saturated carbocycles. The van der Waals surface area contributed by atoms with Crippen LogP contribution in [0, 0.1) is 29.1 Å². The molecule has 0 nitrogen and oxygen atoms in total. The molecule has 0 bridgehead atoms. The Morgan fingerprint density at radius 3 is 1.57 bits per heavy atom. The third-order valence-electron chi connectivity index (χ3n) is 6.05. The van der Waals surface area contributed by atoms with Crippen molar-refractivity contribution < 1.29 is 30.7 Å². The van der Waals surface area contributed by atoms with Crippen molar-refractivity contribution in [3.05, 3.63) is 124 Å². The topological polar surface area (TPSA) is 0 Å². The van der Waals surface area contributed by atoms with Gasteiger partial charge in [-0.25, -0.2) is 30.7 Å². The van der Waals surface area contributed by atoms with E-state index in [4.69, 9.17) is 0 Å². The summed E-state index contributed by atoms with van der Waals surface area (Å²) in [6.07, 6.45) is 0.735. The molecule has 0 aliphatic heterocycles. The fourth-order valence-corrected chi connectivity index (χ4v) is 4.02. The summed E-state index contributed by atoms with van der Waals surface area (Å²) in [5, 5.41) is 0. The minimum absolute atomic E-state index is 0.0211. The fraction of sp³-hybridized carbons (Fsp3) is 0.133. The Morgan fingerprint density at radius 2 is 1.05 bits per heavy atom. The van der Waals surface area contributed by atoms with Gasteiger partial charge in [-0.2, -0.15) is 0 Å². The lowest BCUT2D eigenvalue weighted by atomic mass is 9.97. The van der Waals surface area contributed by atoms with Crippen molar-refractivity contribution in [2.75, 3.05) is 0 Å². The van der Waals surface area contributed by atoms with E-state index in [1.54, 1.807) is 12.1 Å². The number of hydrogen-bond donors (Lipinski definition) is 0. The Labute approximate surface area is 209 Å². The van der Waals surface area contributed by atoms with Crippen molar-refractivity contribution >= 4 is 5.83 Å². The maximum absolute atomic E-state index is 14.6. The van der Waals surface area contributed by atoms with Gasteiger partial charge in [-0.05, 0) is 71.3 Å². The summed E-state index contributed by atoms with van der Waals surface area (Å²) >= 11 is 0. The van der Waals surface area contributed by atoms with Crippen LogP contribution in [0.25, 0.3) is 28.1 Å². The molecule has 37 heavy (non-hydrogen) atoms. The highest BCUT2D eigenvalue weighted by Gasteiger charge is 2.18. The molecule has 0 unspecified atom stereocenters. The average Bonchev–Trinajstić information content (AvgIpc) is 2.89. The highest BCUT2D eigenvalue weighted by Crippen LogP contribution is 2.31. The van der Waals surface area contributed by atoms with Gasteiger partial charge in [-0.3, -0.25) is 0 Å². The van der Waals surface area contributed by atoms with Gasteiger partial charge in [-0.1, -0.05) is 55.5 Å². The number of halogens is 7. The monoisotopic (exact) mass is 514 g/mol. The van der Waals surface area contributed by atoms with Crippen LogP contribution in [0.2, 0.25) is 0 Å². The first-order chi connectivity index (χ1) is 17.7. The molecule has 4 rings (SSSR count). The van der Waals surface area contributed by atoms with E-state index < -0.39 is 51.9 Å². The molecule has 0 aliphatic carbocycles. The maximum Gasteiger partial charge on any atom is 0.194 e. The predicted octanol–water partition coefficient (Wildman–Crippen LogP) is 9.52. The molecular weight excluding hydrogens is 493 g/mol. The molecule has 0 heterocycles. The van der Waals surface area contributed by atoms with Gasteiger partial charge in [0, 0.05) is 5.56 Å². The molecule has 7 heteroatoms. The summed E-state index contributed by atoms with van der Waals surface area (Å²) in [5.41, 5.74) is 2.01. The van der Waals surface area contributed by atoms with Crippen LogP contribution in [0.1, 0.15) is 30.0 Å². The van der Waals surface area contributed by atoms with E-state index in [1.807, 2.05) is 24.3 Å². The second-order valence-corrected chi connectivity index (χ2v) is 8.54. The van der Waals surface area contributed by atoms with E-state index in [0.29, 0.717) is 30.5 Å². The summed E-state index contributed by atoms with van der Waals surface area (Å²) in [4.78, 5) is 0. The third-order valence-corrected chi connectivity index (χ3v) is 6.05. The number of rotatable bonds is 7. The predicted molar refractivity (Wildman–Crippen MR) is 130 cm³/mol. The third kappa shape index (κ3) is 5.77. The Kier molecular flexibility index (Phi) is 7.81. The molecule has 4 aromatic rings. The van der Waals surface area contributed by atoms with Gasteiger partial charge in [0.1, 0.15) is 17.5 Å². The molecule has 0 N–H and O–H groups in total. The molecular formula is C30H21F7. The van der Waals surface area contributed by atoms with E-state index in [1.165, 1.54) is 19.1 Å². The zero-order valence-electron chi connectivity index (χ0n) is 19.7. The fourth-order valence-electron chi connectivity index (χ4n) is 4.02. The standard InChI is InChI=1S/C30H21F7/c1-2-23(31)29(36)21-11-9-20(10-12-21)19-7-5-17(6-8-19)3-4-18-13-24(32)28(25(33)14-18)22-15-26(34)30(37)27(35)16-22/h5-16H,2-4H2,1H3. The highest BCUT2D eigenvalue weighted by atomic mass is 19.2. The molecule has 0 saturated heterocycles. The maximum atomic E-state index is 14.6. The van der Waals surface area contributed by atoms with Gasteiger partial charge in [0.2, 0.25) is 0 Å². The molecule has 0 fully saturated rings. The molecule has 190 valence electrons. The summed E-state index contributed by atoms with van der Waals surface area (Å²) < 4.78 is 97.0. The van der Waals surface area contributed by atoms with Crippen LogP contribution in [-0.2, 0) is 12.8 Å². The first kappa shape index (κ1) is 26.2. The zero-order valence-corrected chi connectivity index (χ0v) is 19.7. The molecule has 0 radical (unpaired) electrons. The Morgan fingerprint density at radius 1 is 0.568 bits per heavy atom. The van der Waals surface area contributed by atoms with Crippen LogP contribution >= 0.6 is 0 Å². The summed E-state index contributed by atoms with van der Waals surface area (Å²) in [6.45, 7) is 1.53. The Bertz CT molecular complexity index is 1410. The van der Waals surface area contributed by atoms with Crippen LogP contribution < -0.4 is 0 Å². The highest BCUT2D eigenvalue weighted by molar-refractivity contribution is 5.69. The summed E-state index contributed by atoms with van der Waals surface area (Å²) in [6, 6.07) is 17.1. The lowest BCUT2D eigenvalue weighted by Gasteiger charge is -2.10. The largest absolute Gasteiger partial charge is 0.209 e. The molecule has 0 aliphatic rings. The van der Waals surface area contributed by atoms with Crippen molar-refractivity contribution in [1.29, 1.82) is 0 Å². The lowest BCUT2D eigenvalue weighted by molar-refractivity contribution is 0.447. The first-order valence-corrected chi connectivity index (χ1v) is 11.5. The van der Waals surface area contributed by atoms with E-state index in [9.17, 15) is 30.7 Å². The van der Waals surface area contributed by atoms with Gasteiger partial charge in [0.05, 0.1) is 5.56 Å². The van der Waals surface area contributed by atoms with E-state index >= 15 is 0 Å². The van der Waals surface area contributed by atoms with Crippen molar-refractivity contribution in [1.82, 2.24) is 0 Å². The van der Waals surface area contributed by atoms with Gasteiger partial charge in [0.25, 0.3) is 0 Å². The molecule has 0 spiro atoms. The lowest BCUT2D eigenvalue weighted by Crippen LogP contribution is -1.99. The van der Waals surface area contributed by atoms with Gasteiger partial charge in [-0.15, -0.1) is 0 Å². The summed E-state index contributed by atoms with van der Waals surface area (Å²) in [5.74, 6) is -8.48. The van der Waals surface area contributed by atoms with Crippen LogP contribution in [0.4, 0.5) is 30.7 Å². The van der Waals surface area contributed by atoms with Crippen molar-refractivity contribution in [3.8, 4) is 22.3 Å². The Hall–Kier alpha value is -3.87. The SMILES string of the molecule is CCC(F)=C(F)c1ccc(-c2ccc(CCc3cc(F)c(-c4cc(F)c(F)c(F)c4)c(F)c3)cc2)cc1. The summed E-state index contributed by atoms with van der Waals surface area (Å²) in [7, 11) is 0. The number of benzene rings is 4. The normalized spacial score (nSPS) is 12.0. The second-order valence-electron chi connectivity index (χ2n) is 8.54. The number of hydrogen-bond acceptors (Lipinski definition) is 0. The Balaban J connectivity index is 1.46. The van der Waals surface area contributed by atoms with E-state index in [-0.39, 0.29) is 12.0 Å². The van der Waals surface area contributed by atoms with Crippen molar-refractivity contribution in [2.45, 2.75) is 26.2 Å². The van der Waals surface area contributed by atoms with Crippen molar-refractivity contribution in [2.24, 2.45) is 0 Å². The van der Waals surface area contributed by atoms with E-state index in [0.717, 1.165) is 28.8 Å². The number of allylic oxidation sites excluding steroid dienone is 1. The molecule has 0 aromatic heterocycles. The molecule has 4 aromatic carbocycles. The van der Waals surface area contributed by atoms with Crippen LogP contribution in [0.5, 0.6) is 0 Å². The van der Waals surface area contributed by atoms with Crippen LogP contribution in [-0.4, -0.2) is 0 Å². The van der Waals surface area contributed by atoms with Gasteiger partial charge >= 0.3 is 0 Å². The minimum Gasteiger partial charge on any atom is -0.209 e. The smallest absolute Gasteiger partial charge is 0.194 e. The van der Waals surface area contributed by atoms with Crippen molar-refractivity contribution in [3.63, 3.8) is 0 Å². The average molecular weight is 514 g/mol. The van der Waals surface area contributed by atoms with Crippen LogP contribution in [0.15, 0.2) is 78.6 Å². The quantitative estimate of drug-likeness (QED) is 0.170. The first-order valence-electron chi connectivity index (χ1n) is 11.5. The van der Waals surface area contributed by atoms with Gasteiger partial charge < -0.3 is 0 Å². The van der Waals surface area contributed by atoms with Gasteiger partial charge in [0.15, 0.2) is 23.3 Å². The number of aryl methyl sites for hydroxylation is 2.